The van der Waals surface area contributed by atoms with Gasteiger partial charge >= 0.3 is 0 Å². The van der Waals surface area contributed by atoms with Crippen molar-refractivity contribution >= 4 is 0 Å². The van der Waals surface area contributed by atoms with Gasteiger partial charge in [0, 0.05) is 6.42 Å². The van der Waals surface area contributed by atoms with Crippen molar-refractivity contribution in [2.75, 3.05) is 0 Å². The second kappa shape index (κ2) is 6.98. The van der Waals surface area contributed by atoms with E-state index in [0.29, 0.717) is 12.8 Å². The third-order valence-electron chi connectivity index (χ3n) is 2.29. The summed E-state index contributed by atoms with van der Waals surface area (Å²) in [5, 5.41) is 18.8. The quantitative estimate of drug-likeness (QED) is 0.523. The van der Waals surface area contributed by atoms with E-state index in [1.54, 1.807) is 13.1 Å². The number of imidazole rings is 1. The summed E-state index contributed by atoms with van der Waals surface area (Å²) in [5.74, 6) is 0.813. The van der Waals surface area contributed by atoms with Crippen molar-refractivity contribution in [3.05, 3.63) is 18.2 Å². The fourth-order valence-electron chi connectivity index (χ4n) is 1.38. The molecule has 0 radical (unpaired) electrons. The first-order chi connectivity index (χ1) is 6.65. The van der Waals surface area contributed by atoms with E-state index < -0.39 is 6.10 Å². The molecule has 0 amide bonds. The molecular formula is C10H19BrN2O2. The van der Waals surface area contributed by atoms with Crippen LogP contribution in [0.15, 0.2) is 12.4 Å². The van der Waals surface area contributed by atoms with Crippen molar-refractivity contribution in [3.8, 4) is 0 Å². The van der Waals surface area contributed by atoms with Crippen molar-refractivity contribution in [3.63, 3.8) is 0 Å². The highest BCUT2D eigenvalue weighted by Gasteiger charge is 2.18. The van der Waals surface area contributed by atoms with Crippen LogP contribution in [0.5, 0.6) is 0 Å². The zero-order valence-electron chi connectivity index (χ0n) is 9.15. The number of aromatic nitrogens is 2. The Morgan fingerprint density at radius 3 is 2.67 bits per heavy atom. The summed E-state index contributed by atoms with van der Waals surface area (Å²) in [6.45, 7) is 4.43. The monoisotopic (exact) mass is 278 g/mol. The van der Waals surface area contributed by atoms with E-state index in [9.17, 15) is 5.11 Å². The first-order valence-electron chi connectivity index (χ1n) is 5.08. The summed E-state index contributed by atoms with van der Waals surface area (Å²) >= 11 is 0. The standard InChI is InChI=1S/C10H18N2O2.BrH/c1-3-9(14)10-11-5-7-12(10)6-4-8(2)13;/h5,7-9,13-14H,3-4,6H2,1-2H3;1H. The normalized spacial score (nSPS) is 14.4. The van der Waals surface area contributed by atoms with Crippen LogP contribution in [0, 0.1) is 0 Å². The molecule has 1 rings (SSSR count). The third-order valence-corrected chi connectivity index (χ3v) is 2.29. The summed E-state index contributed by atoms with van der Waals surface area (Å²) in [7, 11) is 0. The first-order valence-corrected chi connectivity index (χ1v) is 5.08. The number of hydrogen-bond donors (Lipinski definition) is 3. The number of H-pyrrole nitrogens is 1. The third kappa shape index (κ3) is 4.32. The molecule has 4 nitrogen and oxygen atoms in total. The van der Waals surface area contributed by atoms with Crippen LogP contribution < -0.4 is 21.5 Å². The van der Waals surface area contributed by atoms with Gasteiger partial charge in [-0.2, -0.15) is 0 Å². The molecule has 88 valence electrons. The minimum Gasteiger partial charge on any atom is -1.00 e. The Bertz CT molecular complexity index is 276. The molecule has 1 aromatic rings. The lowest BCUT2D eigenvalue weighted by molar-refractivity contribution is -0.707. The van der Waals surface area contributed by atoms with Crippen LogP contribution in [0.2, 0.25) is 0 Å². The highest BCUT2D eigenvalue weighted by atomic mass is 79.9. The van der Waals surface area contributed by atoms with Crippen LogP contribution in [0.3, 0.4) is 0 Å². The summed E-state index contributed by atoms with van der Waals surface area (Å²) in [6, 6.07) is 0. The Morgan fingerprint density at radius 2 is 2.13 bits per heavy atom. The van der Waals surface area contributed by atoms with Gasteiger partial charge in [0.25, 0.3) is 5.82 Å². The molecule has 3 N–H and O–H groups in total. The summed E-state index contributed by atoms with van der Waals surface area (Å²) < 4.78 is 1.95. The highest BCUT2D eigenvalue weighted by molar-refractivity contribution is 4.82. The van der Waals surface area contributed by atoms with Crippen LogP contribution >= 0.6 is 0 Å². The van der Waals surface area contributed by atoms with E-state index in [-0.39, 0.29) is 23.1 Å². The molecule has 2 atom stereocenters. The molecule has 0 saturated heterocycles. The first kappa shape index (κ1) is 14.6. The van der Waals surface area contributed by atoms with Crippen molar-refractivity contribution in [1.82, 2.24) is 4.98 Å². The number of rotatable bonds is 5. The van der Waals surface area contributed by atoms with Crippen LogP contribution in [0.1, 0.15) is 38.6 Å². The molecule has 0 bridgehead atoms. The summed E-state index contributed by atoms with van der Waals surface area (Å²) in [5.41, 5.74) is 0. The Labute approximate surface area is 101 Å². The van der Waals surface area contributed by atoms with E-state index in [0.717, 1.165) is 12.4 Å². The molecule has 15 heavy (non-hydrogen) atoms. The molecular weight excluding hydrogens is 260 g/mol. The van der Waals surface area contributed by atoms with Gasteiger partial charge in [-0.15, -0.1) is 0 Å². The molecule has 0 aliphatic rings. The number of nitrogens with zero attached hydrogens (tertiary/aromatic N) is 1. The summed E-state index contributed by atoms with van der Waals surface area (Å²) in [6.07, 6.45) is 4.33. The number of halogens is 1. The van der Waals surface area contributed by atoms with Gasteiger partial charge in [-0.1, -0.05) is 6.92 Å². The number of nitrogens with one attached hydrogen (secondary N) is 1. The number of aryl methyl sites for hydroxylation is 1. The van der Waals surface area contributed by atoms with Gasteiger partial charge in [0.05, 0.1) is 12.6 Å². The van der Waals surface area contributed by atoms with Gasteiger partial charge < -0.3 is 27.2 Å². The fourth-order valence-corrected chi connectivity index (χ4v) is 1.38. The maximum atomic E-state index is 9.65. The molecule has 0 fully saturated rings. The minimum absolute atomic E-state index is 0. The molecule has 0 spiro atoms. The number of aliphatic hydroxyl groups is 2. The van der Waals surface area contributed by atoms with Crippen LogP contribution in [-0.2, 0) is 6.54 Å². The Kier molecular flexibility index (Phi) is 6.80. The number of aromatic amines is 1. The van der Waals surface area contributed by atoms with Gasteiger partial charge in [0.15, 0.2) is 6.10 Å². The largest absolute Gasteiger partial charge is 1.00 e. The van der Waals surface area contributed by atoms with Crippen LogP contribution in [0.25, 0.3) is 0 Å². The molecule has 1 heterocycles. The molecule has 1 aromatic heterocycles. The predicted molar refractivity (Wildman–Crippen MR) is 52.5 cm³/mol. The average Bonchev–Trinajstić information content (AvgIpc) is 2.61. The lowest BCUT2D eigenvalue weighted by Gasteiger charge is -2.06. The maximum absolute atomic E-state index is 9.65. The molecule has 5 heteroatoms. The lowest BCUT2D eigenvalue weighted by atomic mass is 10.2. The second-order valence-corrected chi connectivity index (χ2v) is 3.60. The van der Waals surface area contributed by atoms with Gasteiger partial charge in [0.2, 0.25) is 0 Å². The summed E-state index contributed by atoms with van der Waals surface area (Å²) in [4.78, 5) is 3.01. The highest BCUT2D eigenvalue weighted by Crippen LogP contribution is 2.08. The van der Waals surface area contributed by atoms with Crippen LogP contribution in [0.4, 0.5) is 0 Å². The van der Waals surface area contributed by atoms with Gasteiger partial charge in [0.1, 0.15) is 12.4 Å². The van der Waals surface area contributed by atoms with E-state index in [4.69, 9.17) is 5.11 Å². The van der Waals surface area contributed by atoms with Gasteiger partial charge in [-0.05, 0) is 13.3 Å². The number of hydrogen-bond acceptors (Lipinski definition) is 2. The average molecular weight is 279 g/mol. The van der Waals surface area contributed by atoms with Crippen molar-refractivity contribution in [2.24, 2.45) is 0 Å². The molecule has 0 aromatic carbocycles. The lowest BCUT2D eigenvalue weighted by Crippen LogP contribution is -3.00. The van der Waals surface area contributed by atoms with E-state index in [1.807, 2.05) is 17.7 Å². The zero-order chi connectivity index (χ0) is 10.6. The SMILES string of the molecule is CCC(O)c1[nH]cc[n+]1CCC(C)O.[Br-]. The fraction of sp³-hybridized carbons (Fsp3) is 0.700. The molecule has 0 saturated carbocycles. The Balaban J connectivity index is 0.00000196. The van der Waals surface area contributed by atoms with Crippen molar-refractivity contribution < 1.29 is 31.8 Å². The van der Waals surface area contributed by atoms with Crippen LogP contribution in [-0.4, -0.2) is 21.3 Å². The molecule has 2 unspecified atom stereocenters. The Hall–Kier alpha value is -0.390. The van der Waals surface area contributed by atoms with Crippen molar-refractivity contribution in [2.45, 2.75) is 45.4 Å². The zero-order valence-corrected chi connectivity index (χ0v) is 10.7. The van der Waals surface area contributed by atoms with E-state index in [1.165, 1.54) is 0 Å². The Morgan fingerprint density at radius 1 is 1.47 bits per heavy atom. The smallest absolute Gasteiger partial charge is 0.283 e. The molecule has 0 aliphatic carbocycles. The number of aliphatic hydroxyl groups excluding tert-OH is 2. The van der Waals surface area contributed by atoms with E-state index >= 15 is 0 Å². The van der Waals surface area contributed by atoms with E-state index in [2.05, 4.69) is 4.98 Å². The topological polar surface area (TPSA) is 60.1 Å². The molecule has 0 aliphatic heterocycles. The predicted octanol–water partition coefficient (Wildman–Crippen LogP) is -2.48. The maximum Gasteiger partial charge on any atom is 0.283 e. The second-order valence-electron chi connectivity index (χ2n) is 3.60. The van der Waals surface area contributed by atoms with Gasteiger partial charge in [-0.3, -0.25) is 0 Å². The van der Waals surface area contributed by atoms with Gasteiger partial charge in [-0.25, -0.2) is 9.55 Å². The van der Waals surface area contributed by atoms with Crippen molar-refractivity contribution in [1.29, 1.82) is 0 Å². The minimum atomic E-state index is -0.445.